The van der Waals surface area contributed by atoms with Crippen molar-refractivity contribution in [3.8, 4) is 0 Å². The van der Waals surface area contributed by atoms with Crippen LogP contribution in [0.2, 0.25) is 0 Å². The Morgan fingerprint density at radius 1 is 1.86 bits per heavy atom. The maximum Gasteiger partial charge on any atom is 0.0577 e. The molecular formula is C2H6N2O2S. The van der Waals surface area contributed by atoms with Gasteiger partial charge in [0.25, 0.3) is 0 Å². The summed E-state index contributed by atoms with van der Waals surface area (Å²) >= 11 is 0.963. The van der Waals surface area contributed by atoms with Crippen molar-refractivity contribution in [2.75, 3.05) is 5.75 Å². The van der Waals surface area contributed by atoms with Gasteiger partial charge in [0.05, 0.1) is 5.75 Å². The molecule has 0 aliphatic carbocycles. The van der Waals surface area contributed by atoms with Gasteiger partial charge < -0.3 is 5.41 Å². The fraction of sp³-hybridized carbons (Fsp3) is 0.500. The molecule has 3 N–H and O–H groups in total. The SMILES string of the molecule is N=CCSOON. The van der Waals surface area contributed by atoms with Crippen LogP contribution in [0.5, 0.6) is 0 Å². The van der Waals surface area contributed by atoms with Gasteiger partial charge in [0, 0.05) is 18.3 Å². The van der Waals surface area contributed by atoms with E-state index in [1.54, 1.807) is 0 Å². The molecule has 0 radical (unpaired) electrons. The Balaban J connectivity index is 2.56. The van der Waals surface area contributed by atoms with Crippen molar-refractivity contribution >= 4 is 18.3 Å². The number of hydrogen-bond acceptors (Lipinski definition) is 5. The number of nitrogens with two attached hydrogens (primary N) is 1. The fourth-order valence-electron chi connectivity index (χ4n) is 0.0896. The predicted octanol–water partition coefficient (Wildman–Crippen LogP) is 0.106. The molecule has 7 heavy (non-hydrogen) atoms. The average Bonchev–Trinajstić information content (AvgIpc) is 1.69. The van der Waals surface area contributed by atoms with Gasteiger partial charge in [-0.05, 0) is 0 Å². The van der Waals surface area contributed by atoms with E-state index >= 15 is 0 Å². The van der Waals surface area contributed by atoms with Crippen LogP contribution in [-0.2, 0) is 9.32 Å². The van der Waals surface area contributed by atoms with Gasteiger partial charge in [-0.1, -0.05) is 0 Å². The molecule has 42 valence electrons. The summed E-state index contributed by atoms with van der Waals surface area (Å²) in [6.45, 7) is 0. The maximum atomic E-state index is 6.46. The molecule has 0 aliphatic heterocycles. The minimum Gasteiger partial charge on any atom is -0.312 e. The monoisotopic (exact) mass is 122 g/mol. The Morgan fingerprint density at radius 3 is 3.00 bits per heavy atom. The van der Waals surface area contributed by atoms with Gasteiger partial charge in [-0.25, -0.2) is 0 Å². The maximum absolute atomic E-state index is 6.46. The molecule has 4 nitrogen and oxygen atoms in total. The number of nitrogens with one attached hydrogen (secondary N) is 1. The first-order valence-corrected chi connectivity index (χ1v) is 2.47. The molecule has 0 saturated carbocycles. The lowest BCUT2D eigenvalue weighted by molar-refractivity contribution is -0.195. The molecule has 0 unspecified atom stereocenters. The molecule has 0 bridgehead atoms. The van der Waals surface area contributed by atoms with E-state index in [4.69, 9.17) is 5.41 Å². The lowest BCUT2D eigenvalue weighted by Gasteiger charge is -1.88. The minimum atomic E-state index is 0.456. The molecule has 0 saturated heterocycles. The van der Waals surface area contributed by atoms with Crippen LogP contribution in [0.15, 0.2) is 0 Å². The number of rotatable bonds is 4. The van der Waals surface area contributed by atoms with Gasteiger partial charge in [0.1, 0.15) is 0 Å². The summed E-state index contributed by atoms with van der Waals surface area (Å²) in [7, 11) is 0. The van der Waals surface area contributed by atoms with Gasteiger partial charge >= 0.3 is 0 Å². The van der Waals surface area contributed by atoms with Crippen LogP contribution in [0.25, 0.3) is 0 Å². The van der Waals surface area contributed by atoms with E-state index in [2.05, 4.69) is 15.2 Å². The van der Waals surface area contributed by atoms with E-state index in [0.29, 0.717) is 5.75 Å². The third-order valence-corrected chi connectivity index (χ3v) is 0.716. The Hall–Kier alpha value is -0.100. The largest absolute Gasteiger partial charge is 0.312 e. The molecule has 0 atom stereocenters. The molecule has 0 spiro atoms. The molecule has 0 aliphatic rings. The van der Waals surface area contributed by atoms with E-state index in [0.717, 1.165) is 12.0 Å². The van der Waals surface area contributed by atoms with Crippen molar-refractivity contribution in [1.29, 1.82) is 5.41 Å². The topological polar surface area (TPSA) is 68.3 Å². The zero-order valence-corrected chi connectivity index (χ0v) is 4.40. The van der Waals surface area contributed by atoms with E-state index < -0.39 is 0 Å². The average molecular weight is 122 g/mol. The van der Waals surface area contributed by atoms with Crippen LogP contribution in [0, 0.1) is 5.41 Å². The zero-order valence-electron chi connectivity index (χ0n) is 3.59. The second-order valence-electron chi connectivity index (χ2n) is 0.653. The van der Waals surface area contributed by atoms with Crippen molar-refractivity contribution in [1.82, 2.24) is 0 Å². The first-order chi connectivity index (χ1) is 3.41. The lowest BCUT2D eigenvalue weighted by Crippen LogP contribution is -1.94. The highest BCUT2D eigenvalue weighted by molar-refractivity contribution is 7.95. The fourth-order valence-corrected chi connectivity index (χ4v) is 0.269. The molecule has 0 fully saturated rings. The highest BCUT2D eigenvalue weighted by atomic mass is 32.2. The second kappa shape index (κ2) is 5.90. The molecule has 0 aromatic heterocycles. The standard InChI is InChI=1S/C2H6N2O2S/c3-1-2-7-6-5-4/h1,3H,2,4H2. The van der Waals surface area contributed by atoms with Gasteiger partial charge in [0.2, 0.25) is 0 Å². The van der Waals surface area contributed by atoms with E-state index in [1.807, 2.05) is 0 Å². The summed E-state index contributed by atoms with van der Waals surface area (Å²) in [5.41, 5.74) is 0. The van der Waals surface area contributed by atoms with Crippen molar-refractivity contribution in [3.63, 3.8) is 0 Å². The zero-order chi connectivity index (χ0) is 5.54. The predicted molar refractivity (Wildman–Crippen MR) is 27.6 cm³/mol. The van der Waals surface area contributed by atoms with Crippen LogP contribution in [0.1, 0.15) is 0 Å². The molecule has 0 aromatic carbocycles. The summed E-state index contributed by atoms with van der Waals surface area (Å²) in [5, 5.41) is 6.46. The van der Waals surface area contributed by atoms with Crippen LogP contribution in [0.4, 0.5) is 0 Å². The highest BCUT2D eigenvalue weighted by Gasteiger charge is 1.79. The van der Waals surface area contributed by atoms with Crippen molar-refractivity contribution in [3.05, 3.63) is 0 Å². The summed E-state index contributed by atoms with van der Waals surface area (Å²) < 4.78 is 4.12. The first kappa shape index (κ1) is 6.90. The quantitative estimate of drug-likeness (QED) is 0.182. The van der Waals surface area contributed by atoms with Gasteiger partial charge in [0.15, 0.2) is 0 Å². The van der Waals surface area contributed by atoms with Crippen molar-refractivity contribution in [2.24, 2.45) is 5.90 Å². The van der Waals surface area contributed by atoms with E-state index in [1.165, 1.54) is 6.21 Å². The Bertz CT molecular complexity index is 51.0. The molecule has 0 amide bonds. The molecule has 0 aromatic rings. The molecular weight excluding hydrogens is 116 g/mol. The van der Waals surface area contributed by atoms with Crippen molar-refractivity contribution < 1.29 is 9.32 Å². The Labute approximate surface area is 45.6 Å². The first-order valence-electron chi connectivity index (χ1n) is 1.55. The Morgan fingerprint density at radius 2 is 2.57 bits per heavy atom. The van der Waals surface area contributed by atoms with Crippen LogP contribution >= 0.6 is 12.0 Å². The van der Waals surface area contributed by atoms with Gasteiger partial charge in [-0.15, -0.1) is 9.32 Å². The normalized spacial score (nSPS) is 8.71. The van der Waals surface area contributed by atoms with Crippen LogP contribution < -0.4 is 5.90 Å². The lowest BCUT2D eigenvalue weighted by atomic mass is 10.9. The Kier molecular flexibility index (Phi) is 5.82. The summed E-state index contributed by atoms with van der Waals surface area (Å²) in [6, 6.07) is 0. The smallest absolute Gasteiger partial charge is 0.0577 e. The summed E-state index contributed by atoms with van der Waals surface area (Å²) in [4.78, 5) is 3.70. The summed E-state index contributed by atoms with van der Waals surface area (Å²) in [6.07, 6.45) is 1.18. The van der Waals surface area contributed by atoms with E-state index in [-0.39, 0.29) is 0 Å². The second-order valence-corrected chi connectivity index (χ2v) is 1.36. The van der Waals surface area contributed by atoms with Gasteiger partial charge in [-0.3, -0.25) is 0 Å². The van der Waals surface area contributed by atoms with Crippen molar-refractivity contribution in [2.45, 2.75) is 0 Å². The molecule has 0 heterocycles. The highest BCUT2D eigenvalue weighted by Crippen LogP contribution is 1.96. The van der Waals surface area contributed by atoms with E-state index in [9.17, 15) is 0 Å². The third kappa shape index (κ3) is 5.90. The summed E-state index contributed by atoms with van der Waals surface area (Å²) in [5.74, 6) is 4.91. The molecule has 0 rings (SSSR count). The third-order valence-electron chi connectivity index (χ3n) is 0.239. The van der Waals surface area contributed by atoms with Crippen LogP contribution in [-0.4, -0.2) is 12.0 Å². The molecule has 5 heteroatoms. The minimum absolute atomic E-state index is 0.456. The number of hydrogen-bond donors (Lipinski definition) is 2. The van der Waals surface area contributed by atoms with Gasteiger partial charge in [-0.2, -0.15) is 5.90 Å². The van der Waals surface area contributed by atoms with Crippen LogP contribution in [0.3, 0.4) is 0 Å².